The normalized spacial score (nSPS) is 14.3. The zero-order valence-electron chi connectivity index (χ0n) is 18.0. The number of amides is 1. The number of hydrogen-bond donors (Lipinski definition) is 1. The molecule has 0 radical (unpaired) electrons. The summed E-state index contributed by atoms with van der Waals surface area (Å²) in [5.74, 6) is 0.453. The van der Waals surface area contributed by atoms with Crippen molar-refractivity contribution in [3.8, 4) is 17.0 Å². The number of likely N-dealkylation sites (tertiary alicyclic amines) is 1. The summed E-state index contributed by atoms with van der Waals surface area (Å²) in [7, 11) is 1.88. The number of carbonyl (C=O) groups is 1. The predicted octanol–water partition coefficient (Wildman–Crippen LogP) is 5.51. The van der Waals surface area contributed by atoms with Gasteiger partial charge < -0.3 is 10.1 Å². The topological polar surface area (TPSA) is 59.4 Å². The predicted molar refractivity (Wildman–Crippen MR) is 129 cm³/mol. The van der Waals surface area contributed by atoms with Gasteiger partial charge in [-0.25, -0.2) is 0 Å². The highest BCUT2D eigenvalue weighted by Crippen LogP contribution is 2.33. The van der Waals surface area contributed by atoms with Gasteiger partial charge in [-0.1, -0.05) is 29.6 Å². The fraction of sp³-hybridized carbons (Fsp3) is 0.333. The average Bonchev–Trinajstić information content (AvgIpc) is 3.21. The molecule has 32 heavy (non-hydrogen) atoms. The third kappa shape index (κ3) is 5.44. The first-order chi connectivity index (χ1) is 15.5. The summed E-state index contributed by atoms with van der Waals surface area (Å²) >= 11 is 12.1. The van der Waals surface area contributed by atoms with Gasteiger partial charge in [0.05, 0.1) is 16.3 Å². The molecule has 168 valence electrons. The highest BCUT2D eigenvalue weighted by Gasteiger charge is 2.16. The Kier molecular flexibility index (Phi) is 7.35. The number of ether oxygens (including phenoxy) is 1. The number of aryl methyl sites for hydroxylation is 1. The SMILES string of the molecule is Cn1nccc1-c1cc(NC(=O)c2ccc(Cl)cc2Cl)ccc1OCCN1CCCCC1. The van der Waals surface area contributed by atoms with Gasteiger partial charge in [-0.05, 0) is 68.4 Å². The van der Waals surface area contributed by atoms with Crippen LogP contribution in [0.5, 0.6) is 5.75 Å². The van der Waals surface area contributed by atoms with Crippen LogP contribution in [0.4, 0.5) is 5.69 Å². The molecule has 2 aromatic carbocycles. The molecule has 0 unspecified atom stereocenters. The summed E-state index contributed by atoms with van der Waals surface area (Å²) < 4.78 is 7.95. The monoisotopic (exact) mass is 472 g/mol. The Balaban J connectivity index is 1.52. The van der Waals surface area contributed by atoms with E-state index >= 15 is 0 Å². The minimum absolute atomic E-state index is 0.304. The summed E-state index contributed by atoms with van der Waals surface area (Å²) in [5.41, 5.74) is 2.77. The Hall–Kier alpha value is -2.54. The molecule has 0 bridgehead atoms. The van der Waals surface area contributed by atoms with Crippen LogP contribution >= 0.6 is 23.2 Å². The van der Waals surface area contributed by atoms with Crippen molar-refractivity contribution in [2.75, 3.05) is 31.6 Å². The van der Waals surface area contributed by atoms with Crippen molar-refractivity contribution in [3.05, 3.63) is 64.3 Å². The maximum absolute atomic E-state index is 12.8. The van der Waals surface area contributed by atoms with Crippen LogP contribution in [0.25, 0.3) is 11.3 Å². The van der Waals surface area contributed by atoms with E-state index in [1.807, 2.05) is 31.3 Å². The third-order valence-corrected chi connectivity index (χ3v) is 6.17. The summed E-state index contributed by atoms with van der Waals surface area (Å²) in [6.45, 7) is 3.78. The highest BCUT2D eigenvalue weighted by atomic mass is 35.5. The maximum atomic E-state index is 12.8. The number of rotatable bonds is 7. The van der Waals surface area contributed by atoms with E-state index in [1.54, 1.807) is 29.1 Å². The van der Waals surface area contributed by atoms with E-state index < -0.39 is 0 Å². The number of carbonyl (C=O) groups excluding carboxylic acids is 1. The Bertz CT molecular complexity index is 1090. The minimum atomic E-state index is -0.304. The first-order valence-corrected chi connectivity index (χ1v) is 11.5. The lowest BCUT2D eigenvalue weighted by Crippen LogP contribution is -2.33. The first-order valence-electron chi connectivity index (χ1n) is 10.8. The Morgan fingerprint density at radius 2 is 1.91 bits per heavy atom. The largest absolute Gasteiger partial charge is 0.492 e. The van der Waals surface area contributed by atoms with Gasteiger partial charge in [0, 0.05) is 36.1 Å². The minimum Gasteiger partial charge on any atom is -0.492 e. The number of nitrogens with zero attached hydrogens (tertiary/aromatic N) is 3. The number of anilines is 1. The van der Waals surface area contributed by atoms with Gasteiger partial charge in [-0.15, -0.1) is 0 Å². The van der Waals surface area contributed by atoms with Gasteiger partial charge in [-0.2, -0.15) is 5.10 Å². The van der Waals surface area contributed by atoms with Crippen LogP contribution in [0.2, 0.25) is 10.0 Å². The number of piperidine rings is 1. The van der Waals surface area contributed by atoms with Gasteiger partial charge >= 0.3 is 0 Å². The molecular weight excluding hydrogens is 447 g/mol. The van der Waals surface area contributed by atoms with Crippen LogP contribution in [0.15, 0.2) is 48.7 Å². The second-order valence-electron chi connectivity index (χ2n) is 7.88. The fourth-order valence-electron chi connectivity index (χ4n) is 3.91. The average molecular weight is 473 g/mol. The molecule has 1 aromatic heterocycles. The first kappa shape index (κ1) is 22.6. The zero-order chi connectivity index (χ0) is 22.5. The van der Waals surface area contributed by atoms with Crippen LogP contribution < -0.4 is 10.1 Å². The lowest BCUT2D eigenvalue weighted by Gasteiger charge is -2.26. The van der Waals surface area contributed by atoms with Crippen molar-refractivity contribution in [1.82, 2.24) is 14.7 Å². The highest BCUT2D eigenvalue weighted by molar-refractivity contribution is 6.37. The van der Waals surface area contributed by atoms with Crippen molar-refractivity contribution in [2.45, 2.75) is 19.3 Å². The molecule has 2 heterocycles. The van der Waals surface area contributed by atoms with Crippen molar-refractivity contribution >= 4 is 34.8 Å². The maximum Gasteiger partial charge on any atom is 0.257 e. The second kappa shape index (κ2) is 10.4. The van der Waals surface area contributed by atoms with Crippen LogP contribution in [0.1, 0.15) is 29.6 Å². The second-order valence-corrected chi connectivity index (χ2v) is 8.72. The van der Waals surface area contributed by atoms with E-state index in [1.165, 1.54) is 19.3 Å². The van der Waals surface area contributed by atoms with Crippen molar-refractivity contribution in [2.24, 2.45) is 7.05 Å². The van der Waals surface area contributed by atoms with E-state index in [4.69, 9.17) is 27.9 Å². The number of benzene rings is 2. The van der Waals surface area contributed by atoms with Crippen LogP contribution in [0, 0.1) is 0 Å². The Morgan fingerprint density at radius 3 is 2.62 bits per heavy atom. The molecule has 6 nitrogen and oxygen atoms in total. The smallest absolute Gasteiger partial charge is 0.257 e. The molecule has 8 heteroatoms. The molecule has 0 atom stereocenters. The standard InChI is InChI=1S/C24H26Cl2N4O2/c1-29-22(9-10-27-29)20-16-18(28-24(31)19-7-5-17(25)15-21(19)26)6-8-23(20)32-14-13-30-11-3-2-4-12-30/h5-10,15-16H,2-4,11-14H2,1H3,(H,28,31). The quantitative estimate of drug-likeness (QED) is 0.492. The molecule has 4 rings (SSSR count). The molecule has 1 fully saturated rings. The molecule has 1 aliphatic rings. The summed E-state index contributed by atoms with van der Waals surface area (Å²) in [4.78, 5) is 15.2. The molecule has 1 N–H and O–H groups in total. The van der Waals surface area contributed by atoms with Gasteiger partial charge in [0.1, 0.15) is 12.4 Å². The van der Waals surface area contributed by atoms with Crippen molar-refractivity contribution < 1.29 is 9.53 Å². The number of halogens is 2. The fourth-order valence-corrected chi connectivity index (χ4v) is 4.41. The number of nitrogens with one attached hydrogen (secondary N) is 1. The number of aromatic nitrogens is 2. The molecule has 1 amide bonds. The van der Waals surface area contributed by atoms with Crippen molar-refractivity contribution in [3.63, 3.8) is 0 Å². The molecular formula is C24H26Cl2N4O2. The van der Waals surface area contributed by atoms with Gasteiger partial charge in [0.25, 0.3) is 5.91 Å². The van der Waals surface area contributed by atoms with Crippen LogP contribution in [-0.4, -0.2) is 46.8 Å². The zero-order valence-corrected chi connectivity index (χ0v) is 19.5. The lowest BCUT2D eigenvalue weighted by atomic mass is 10.1. The van der Waals surface area contributed by atoms with E-state index in [9.17, 15) is 4.79 Å². The van der Waals surface area contributed by atoms with E-state index in [0.717, 1.165) is 36.6 Å². The molecule has 0 aliphatic carbocycles. The van der Waals surface area contributed by atoms with E-state index in [-0.39, 0.29) is 5.91 Å². The molecule has 1 aliphatic heterocycles. The Morgan fingerprint density at radius 1 is 1.09 bits per heavy atom. The molecule has 1 saturated heterocycles. The number of hydrogen-bond acceptors (Lipinski definition) is 4. The Labute approximate surface area is 198 Å². The summed E-state index contributed by atoms with van der Waals surface area (Å²) in [6, 6.07) is 12.3. The molecule has 0 saturated carbocycles. The van der Waals surface area contributed by atoms with Crippen LogP contribution in [-0.2, 0) is 7.05 Å². The van der Waals surface area contributed by atoms with E-state index in [0.29, 0.717) is 27.9 Å². The van der Waals surface area contributed by atoms with E-state index in [2.05, 4.69) is 15.3 Å². The summed E-state index contributed by atoms with van der Waals surface area (Å²) in [5, 5.41) is 7.98. The lowest BCUT2D eigenvalue weighted by molar-refractivity contribution is 0.102. The van der Waals surface area contributed by atoms with Gasteiger partial charge in [0.15, 0.2) is 0 Å². The molecule has 3 aromatic rings. The molecule has 0 spiro atoms. The van der Waals surface area contributed by atoms with Crippen LogP contribution in [0.3, 0.4) is 0 Å². The summed E-state index contributed by atoms with van der Waals surface area (Å²) in [6.07, 6.45) is 5.57. The third-order valence-electron chi connectivity index (χ3n) is 5.62. The van der Waals surface area contributed by atoms with Crippen molar-refractivity contribution in [1.29, 1.82) is 0 Å². The van der Waals surface area contributed by atoms with Gasteiger partial charge in [0.2, 0.25) is 0 Å². The van der Waals surface area contributed by atoms with Gasteiger partial charge in [-0.3, -0.25) is 14.4 Å².